The lowest BCUT2D eigenvalue weighted by atomic mass is 10.3. The van der Waals surface area contributed by atoms with Crippen LogP contribution in [0.25, 0.3) is 0 Å². The van der Waals surface area contributed by atoms with E-state index < -0.39 is 9.84 Å². The third-order valence-electron chi connectivity index (χ3n) is 3.18. The van der Waals surface area contributed by atoms with Crippen molar-refractivity contribution in [1.82, 2.24) is 15.6 Å². The Balaban J connectivity index is 1.68. The second kappa shape index (κ2) is 8.28. The second-order valence-electron chi connectivity index (χ2n) is 4.95. The zero-order valence-corrected chi connectivity index (χ0v) is 13.4. The summed E-state index contributed by atoms with van der Waals surface area (Å²) in [4.78, 5) is 15.8. The lowest BCUT2D eigenvalue weighted by Gasteiger charge is -2.08. The number of hydrogen-bond donors (Lipinski definition) is 2. The first kappa shape index (κ1) is 17.0. The quantitative estimate of drug-likeness (QED) is 0.756. The number of nitrogens with zero attached hydrogens (tertiary/aromatic N) is 1. The van der Waals surface area contributed by atoms with Gasteiger partial charge in [0.05, 0.1) is 10.6 Å². The highest BCUT2D eigenvalue weighted by molar-refractivity contribution is 7.91. The fraction of sp³-hybridized carbons (Fsp3) is 0.250. The molecule has 0 spiro atoms. The molecule has 2 amide bonds. The Kier molecular flexibility index (Phi) is 6.10. The Bertz CT molecular complexity index is 719. The van der Waals surface area contributed by atoms with Crippen LogP contribution in [0.1, 0.15) is 12.0 Å². The standard InChI is InChI=1S/C16H19N3O3S/c20-16(19-13-14-7-10-17-11-8-14)18-9-4-12-23(21,22)15-5-2-1-3-6-15/h1-3,5-8,10-11H,4,9,12-13H2,(H2,18,19,20). The molecule has 2 rings (SSSR count). The molecule has 0 radical (unpaired) electrons. The molecule has 0 saturated carbocycles. The van der Waals surface area contributed by atoms with Crippen LogP contribution in [0.4, 0.5) is 4.79 Å². The van der Waals surface area contributed by atoms with Crippen molar-refractivity contribution < 1.29 is 13.2 Å². The van der Waals surface area contributed by atoms with Gasteiger partial charge in [-0.05, 0) is 36.2 Å². The molecule has 0 aliphatic rings. The number of benzene rings is 1. The van der Waals surface area contributed by atoms with Crippen LogP contribution >= 0.6 is 0 Å². The highest BCUT2D eigenvalue weighted by atomic mass is 32.2. The van der Waals surface area contributed by atoms with Crippen molar-refractivity contribution in [2.24, 2.45) is 0 Å². The van der Waals surface area contributed by atoms with E-state index in [1.165, 1.54) is 0 Å². The zero-order chi connectivity index (χ0) is 16.5. The minimum absolute atomic E-state index is 0.00163. The molecular formula is C16H19N3O3S. The predicted molar refractivity (Wildman–Crippen MR) is 87.6 cm³/mol. The third kappa shape index (κ3) is 5.71. The molecule has 6 nitrogen and oxygen atoms in total. The lowest BCUT2D eigenvalue weighted by molar-refractivity contribution is 0.240. The first-order valence-electron chi connectivity index (χ1n) is 7.26. The van der Waals surface area contributed by atoms with Crippen LogP contribution in [-0.2, 0) is 16.4 Å². The van der Waals surface area contributed by atoms with Crippen LogP contribution in [0.3, 0.4) is 0 Å². The van der Waals surface area contributed by atoms with Gasteiger partial charge in [-0.3, -0.25) is 4.98 Å². The maximum absolute atomic E-state index is 12.1. The van der Waals surface area contributed by atoms with Gasteiger partial charge in [0.25, 0.3) is 0 Å². The van der Waals surface area contributed by atoms with E-state index in [-0.39, 0.29) is 11.8 Å². The normalized spacial score (nSPS) is 11.0. The fourth-order valence-electron chi connectivity index (χ4n) is 1.96. The van der Waals surface area contributed by atoms with Crippen molar-refractivity contribution >= 4 is 15.9 Å². The summed E-state index contributed by atoms with van der Waals surface area (Å²) >= 11 is 0. The van der Waals surface area contributed by atoms with Crippen LogP contribution in [0.2, 0.25) is 0 Å². The van der Waals surface area contributed by atoms with Gasteiger partial charge in [0.2, 0.25) is 0 Å². The van der Waals surface area contributed by atoms with Gasteiger partial charge in [0.15, 0.2) is 9.84 Å². The maximum atomic E-state index is 12.1. The Morgan fingerprint density at radius 1 is 1.00 bits per heavy atom. The summed E-state index contributed by atoms with van der Waals surface area (Å²) in [6.07, 6.45) is 3.67. The molecule has 1 heterocycles. The van der Waals surface area contributed by atoms with Gasteiger partial charge in [-0.15, -0.1) is 0 Å². The van der Waals surface area contributed by atoms with E-state index in [1.54, 1.807) is 42.7 Å². The van der Waals surface area contributed by atoms with E-state index in [0.717, 1.165) is 5.56 Å². The molecular weight excluding hydrogens is 314 g/mol. The number of rotatable bonds is 7. The van der Waals surface area contributed by atoms with Crippen LogP contribution in [-0.4, -0.2) is 31.7 Å². The first-order valence-corrected chi connectivity index (χ1v) is 8.91. The number of hydrogen-bond acceptors (Lipinski definition) is 4. The zero-order valence-electron chi connectivity index (χ0n) is 12.6. The van der Waals surface area contributed by atoms with Crippen LogP contribution in [0.5, 0.6) is 0 Å². The van der Waals surface area contributed by atoms with Crippen molar-refractivity contribution in [2.75, 3.05) is 12.3 Å². The molecule has 7 heteroatoms. The van der Waals surface area contributed by atoms with Crippen molar-refractivity contribution in [3.8, 4) is 0 Å². The van der Waals surface area contributed by atoms with Crippen LogP contribution in [0, 0.1) is 0 Å². The van der Waals surface area contributed by atoms with Gasteiger partial charge in [-0.1, -0.05) is 18.2 Å². The average Bonchev–Trinajstić information content (AvgIpc) is 2.59. The maximum Gasteiger partial charge on any atom is 0.315 e. The van der Waals surface area contributed by atoms with Gasteiger partial charge in [0, 0.05) is 25.5 Å². The van der Waals surface area contributed by atoms with Gasteiger partial charge >= 0.3 is 6.03 Å². The molecule has 2 aromatic rings. The topological polar surface area (TPSA) is 88.2 Å². The lowest BCUT2D eigenvalue weighted by Crippen LogP contribution is -2.36. The molecule has 1 aromatic carbocycles. The van der Waals surface area contributed by atoms with E-state index in [2.05, 4.69) is 15.6 Å². The SMILES string of the molecule is O=C(NCCCS(=O)(=O)c1ccccc1)NCc1ccncc1. The number of carbonyl (C=O) groups is 1. The molecule has 0 aliphatic carbocycles. The number of pyridine rings is 1. The molecule has 1 aromatic heterocycles. The largest absolute Gasteiger partial charge is 0.338 e. The van der Waals surface area contributed by atoms with Crippen molar-refractivity contribution in [1.29, 1.82) is 0 Å². The summed E-state index contributed by atoms with van der Waals surface area (Å²) in [5.74, 6) is 0.00163. The van der Waals surface area contributed by atoms with E-state index in [1.807, 2.05) is 12.1 Å². The Labute approximate surface area is 135 Å². The minimum Gasteiger partial charge on any atom is -0.338 e. The molecule has 122 valence electrons. The molecule has 0 atom stereocenters. The van der Waals surface area contributed by atoms with E-state index in [9.17, 15) is 13.2 Å². The van der Waals surface area contributed by atoms with Crippen molar-refractivity contribution in [2.45, 2.75) is 17.9 Å². The minimum atomic E-state index is -3.29. The summed E-state index contributed by atoms with van der Waals surface area (Å²) in [5, 5.41) is 5.35. The van der Waals surface area contributed by atoms with Crippen LogP contribution < -0.4 is 10.6 Å². The molecule has 0 aliphatic heterocycles. The van der Waals surface area contributed by atoms with E-state index in [4.69, 9.17) is 0 Å². The summed E-state index contributed by atoms with van der Waals surface area (Å²) in [7, 11) is -3.29. The molecule has 0 saturated heterocycles. The predicted octanol–water partition coefficient (Wildman–Crippen LogP) is 1.74. The van der Waals surface area contributed by atoms with Gasteiger partial charge in [-0.25, -0.2) is 13.2 Å². The summed E-state index contributed by atoms with van der Waals surface area (Å²) < 4.78 is 24.1. The Hall–Kier alpha value is -2.41. The monoisotopic (exact) mass is 333 g/mol. The number of amides is 2. The Morgan fingerprint density at radius 3 is 2.39 bits per heavy atom. The van der Waals surface area contributed by atoms with E-state index >= 15 is 0 Å². The Morgan fingerprint density at radius 2 is 1.70 bits per heavy atom. The number of aromatic nitrogens is 1. The number of urea groups is 1. The highest BCUT2D eigenvalue weighted by Crippen LogP contribution is 2.10. The number of nitrogens with one attached hydrogen (secondary N) is 2. The fourth-order valence-corrected chi connectivity index (χ4v) is 3.29. The van der Waals surface area contributed by atoms with Crippen molar-refractivity contribution in [3.63, 3.8) is 0 Å². The number of carbonyl (C=O) groups excluding carboxylic acids is 1. The van der Waals surface area contributed by atoms with Gasteiger partial charge in [-0.2, -0.15) is 0 Å². The summed E-state index contributed by atoms with van der Waals surface area (Å²) in [6, 6.07) is 11.6. The molecule has 23 heavy (non-hydrogen) atoms. The van der Waals surface area contributed by atoms with Gasteiger partial charge in [0.1, 0.15) is 0 Å². The molecule has 0 fully saturated rings. The summed E-state index contributed by atoms with van der Waals surface area (Å²) in [6.45, 7) is 0.699. The van der Waals surface area contributed by atoms with Gasteiger partial charge < -0.3 is 10.6 Å². The van der Waals surface area contributed by atoms with Crippen molar-refractivity contribution in [3.05, 3.63) is 60.4 Å². The van der Waals surface area contributed by atoms with Crippen LogP contribution in [0.15, 0.2) is 59.8 Å². The molecule has 2 N–H and O–H groups in total. The first-order chi connectivity index (χ1) is 11.1. The molecule has 0 bridgehead atoms. The van der Waals surface area contributed by atoms with E-state index in [0.29, 0.717) is 24.4 Å². The second-order valence-corrected chi connectivity index (χ2v) is 7.06. The average molecular weight is 333 g/mol. The number of sulfone groups is 1. The third-order valence-corrected chi connectivity index (χ3v) is 5.00. The molecule has 0 unspecified atom stereocenters. The summed E-state index contributed by atoms with van der Waals surface area (Å²) in [5.41, 5.74) is 0.946. The smallest absolute Gasteiger partial charge is 0.315 e. The highest BCUT2D eigenvalue weighted by Gasteiger charge is 2.13.